The Kier molecular flexibility index (Phi) is 9.43. The maximum atomic E-state index is 13.0. The zero-order valence-corrected chi connectivity index (χ0v) is 20.7. The molecule has 2 amide bonds. The van der Waals surface area contributed by atoms with E-state index in [1.54, 1.807) is 27.7 Å². The van der Waals surface area contributed by atoms with E-state index in [-0.39, 0.29) is 12.5 Å². The number of likely N-dealkylation sites (N-methyl/N-ethyl adjacent to an activating group) is 1. The molecule has 1 aliphatic heterocycles. The van der Waals surface area contributed by atoms with E-state index >= 15 is 0 Å². The van der Waals surface area contributed by atoms with Crippen molar-refractivity contribution in [2.24, 2.45) is 0 Å². The monoisotopic (exact) mass is 477 g/mol. The Labute approximate surface area is 200 Å². The number of hydroxylamine groups is 2. The molecule has 0 aromatic heterocycles. The van der Waals surface area contributed by atoms with E-state index in [0.717, 1.165) is 5.56 Å². The molecule has 0 aliphatic carbocycles. The minimum absolute atomic E-state index is 0.100. The van der Waals surface area contributed by atoms with E-state index in [2.05, 4.69) is 5.32 Å². The number of amides is 2. The number of nitrogens with zero attached hydrogens (tertiary/aromatic N) is 2. The van der Waals surface area contributed by atoms with Gasteiger partial charge in [-0.05, 0) is 53.0 Å². The van der Waals surface area contributed by atoms with Crippen LogP contribution in [0.4, 0.5) is 4.79 Å². The lowest BCUT2D eigenvalue weighted by Crippen LogP contribution is -2.54. The molecule has 0 radical (unpaired) electrons. The van der Waals surface area contributed by atoms with Crippen molar-refractivity contribution in [2.75, 3.05) is 13.6 Å². The first-order valence-corrected chi connectivity index (χ1v) is 11.3. The molecule has 10 heteroatoms. The van der Waals surface area contributed by atoms with Crippen LogP contribution in [0, 0.1) is 0 Å². The number of rotatable bonds is 8. The SMILES string of the molecule is C[C@H](NC(=O)[C@H](C)N(C)C(=O)[C@@H]1CCCN1OC(=O)OC(C)(C)C)C(=O)OCc1ccccc1. The van der Waals surface area contributed by atoms with Gasteiger partial charge >= 0.3 is 12.1 Å². The molecule has 1 heterocycles. The topological polar surface area (TPSA) is 114 Å². The summed E-state index contributed by atoms with van der Waals surface area (Å²) in [7, 11) is 1.49. The largest absolute Gasteiger partial charge is 0.528 e. The van der Waals surface area contributed by atoms with Gasteiger partial charge in [-0.25, -0.2) is 9.59 Å². The maximum absolute atomic E-state index is 13.0. The fourth-order valence-electron chi connectivity index (χ4n) is 3.31. The van der Waals surface area contributed by atoms with Gasteiger partial charge in [0, 0.05) is 13.6 Å². The Balaban J connectivity index is 1.88. The molecule has 0 spiro atoms. The normalized spacial score (nSPS) is 17.9. The molecule has 1 aromatic rings. The summed E-state index contributed by atoms with van der Waals surface area (Å²) in [6.07, 6.45) is 0.240. The van der Waals surface area contributed by atoms with Crippen LogP contribution in [0.15, 0.2) is 30.3 Å². The average Bonchev–Trinajstić information content (AvgIpc) is 3.22. The number of benzene rings is 1. The second-order valence-corrected chi connectivity index (χ2v) is 9.30. The fraction of sp³-hybridized carbons (Fsp3) is 0.583. The highest BCUT2D eigenvalue weighted by atomic mass is 16.8. The fourth-order valence-corrected chi connectivity index (χ4v) is 3.31. The Morgan fingerprint density at radius 2 is 1.79 bits per heavy atom. The van der Waals surface area contributed by atoms with Gasteiger partial charge in [0.1, 0.15) is 30.3 Å². The van der Waals surface area contributed by atoms with Crippen LogP contribution in [-0.4, -0.2) is 71.2 Å². The number of esters is 1. The highest BCUT2D eigenvalue weighted by Crippen LogP contribution is 2.21. The molecule has 1 aliphatic rings. The Bertz CT molecular complexity index is 869. The summed E-state index contributed by atoms with van der Waals surface area (Å²) >= 11 is 0. The number of ether oxygens (including phenoxy) is 2. The summed E-state index contributed by atoms with van der Waals surface area (Å²) < 4.78 is 10.4. The summed E-state index contributed by atoms with van der Waals surface area (Å²) in [5, 5.41) is 3.88. The number of hydrogen-bond donors (Lipinski definition) is 1. The Morgan fingerprint density at radius 1 is 1.15 bits per heavy atom. The first-order chi connectivity index (χ1) is 15.9. The number of nitrogens with one attached hydrogen (secondary N) is 1. The van der Waals surface area contributed by atoms with Crippen LogP contribution >= 0.6 is 0 Å². The molecular formula is C24H35N3O7. The second kappa shape index (κ2) is 11.8. The number of carbonyl (C=O) groups is 4. The van der Waals surface area contributed by atoms with Gasteiger partial charge in [-0.3, -0.25) is 9.59 Å². The van der Waals surface area contributed by atoms with E-state index in [1.807, 2.05) is 30.3 Å². The van der Waals surface area contributed by atoms with Crippen LogP contribution in [0.25, 0.3) is 0 Å². The number of carbonyl (C=O) groups excluding carboxylic acids is 4. The average molecular weight is 478 g/mol. The summed E-state index contributed by atoms with van der Waals surface area (Å²) in [6.45, 7) is 8.71. The van der Waals surface area contributed by atoms with Gasteiger partial charge in [-0.1, -0.05) is 30.3 Å². The van der Waals surface area contributed by atoms with Gasteiger partial charge in [0.2, 0.25) is 11.8 Å². The third-order valence-electron chi connectivity index (χ3n) is 5.31. The highest BCUT2D eigenvalue weighted by Gasteiger charge is 2.38. The van der Waals surface area contributed by atoms with Crippen molar-refractivity contribution in [3.8, 4) is 0 Å². The lowest BCUT2D eigenvalue weighted by molar-refractivity contribution is -0.170. The molecule has 0 unspecified atom stereocenters. The maximum Gasteiger partial charge on any atom is 0.528 e. The summed E-state index contributed by atoms with van der Waals surface area (Å²) in [5.74, 6) is -1.45. The minimum atomic E-state index is -0.888. The van der Waals surface area contributed by atoms with E-state index in [4.69, 9.17) is 14.3 Å². The minimum Gasteiger partial charge on any atom is -0.459 e. The van der Waals surface area contributed by atoms with Crippen LogP contribution in [-0.2, 0) is 35.3 Å². The lowest BCUT2D eigenvalue weighted by atomic mass is 10.1. The van der Waals surface area contributed by atoms with Gasteiger partial charge in [-0.15, -0.1) is 5.06 Å². The third kappa shape index (κ3) is 8.02. The van der Waals surface area contributed by atoms with Crippen LogP contribution in [0.5, 0.6) is 0 Å². The zero-order valence-electron chi connectivity index (χ0n) is 20.7. The Hall–Kier alpha value is -3.14. The van der Waals surface area contributed by atoms with E-state index in [0.29, 0.717) is 19.4 Å². The van der Waals surface area contributed by atoms with Crippen molar-refractivity contribution < 1.29 is 33.5 Å². The van der Waals surface area contributed by atoms with Crippen molar-refractivity contribution >= 4 is 23.9 Å². The quantitative estimate of drug-likeness (QED) is 0.568. The van der Waals surface area contributed by atoms with Gasteiger partial charge < -0.3 is 24.5 Å². The first-order valence-electron chi connectivity index (χ1n) is 11.3. The summed E-state index contributed by atoms with van der Waals surface area (Å²) in [5.41, 5.74) is 0.112. The predicted octanol–water partition coefficient (Wildman–Crippen LogP) is 2.41. The molecule has 1 saturated heterocycles. The number of hydrogen-bond acceptors (Lipinski definition) is 8. The lowest BCUT2D eigenvalue weighted by Gasteiger charge is -2.30. The Morgan fingerprint density at radius 3 is 2.41 bits per heavy atom. The molecule has 188 valence electrons. The molecule has 0 bridgehead atoms. The van der Waals surface area contributed by atoms with Crippen molar-refractivity contribution in [1.29, 1.82) is 0 Å². The zero-order chi connectivity index (χ0) is 25.5. The van der Waals surface area contributed by atoms with Crippen LogP contribution in [0.1, 0.15) is 53.0 Å². The van der Waals surface area contributed by atoms with Gasteiger partial charge in [-0.2, -0.15) is 0 Å². The third-order valence-corrected chi connectivity index (χ3v) is 5.31. The van der Waals surface area contributed by atoms with Crippen LogP contribution in [0.2, 0.25) is 0 Å². The molecular weight excluding hydrogens is 442 g/mol. The van der Waals surface area contributed by atoms with Gasteiger partial charge in [0.15, 0.2) is 0 Å². The van der Waals surface area contributed by atoms with E-state index in [1.165, 1.54) is 23.9 Å². The molecule has 1 fully saturated rings. The van der Waals surface area contributed by atoms with Crippen molar-refractivity contribution in [1.82, 2.24) is 15.3 Å². The van der Waals surface area contributed by atoms with Gasteiger partial charge in [0.25, 0.3) is 0 Å². The summed E-state index contributed by atoms with van der Waals surface area (Å²) in [4.78, 5) is 56.5. The molecule has 3 atom stereocenters. The van der Waals surface area contributed by atoms with E-state index < -0.39 is 41.8 Å². The molecule has 10 nitrogen and oxygen atoms in total. The van der Waals surface area contributed by atoms with Gasteiger partial charge in [0.05, 0.1) is 0 Å². The standard InChI is InChI=1S/C24H35N3O7/c1-16(22(30)32-15-18-11-8-7-9-12-18)25-20(28)17(2)26(6)21(29)19-13-10-14-27(19)34-23(31)33-24(3,4)5/h7-9,11-12,16-17,19H,10,13-15H2,1-6H3,(H,25,28)/t16-,17-,19-/m0/s1. The molecule has 0 saturated carbocycles. The van der Waals surface area contributed by atoms with Crippen LogP contribution < -0.4 is 5.32 Å². The van der Waals surface area contributed by atoms with Crippen molar-refractivity contribution in [3.05, 3.63) is 35.9 Å². The second-order valence-electron chi connectivity index (χ2n) is 9.30. The highest BCUT2D eigenvalue weighted by molar-refractivity contribution is 5.91. The van der Waals surface area contributed by atoms with Crippen molar-refractivity contribution in [2.45, 2.75) is 77.8 Å². The molecule has 1 N–H and O–H groups in total. The molecule has 1 aromatic carbocycles. The summed E-state index contributed by atoms with van der Waals surface area (Å²) in [6, 6.07) is 6.74. The predicted molar refractivity (Wildman–Crippen MR) is 123 cm³/mol. The first kappa shape index (κ1) is 27.1. The van der Waals surface area contributed by atoms with E-state index in [9.17, 15) is 19.2 Å². The van der Waals surface area contributed by atoms with Crippen LogP contribution in [0.3, 0.4) is 0 Å². The molecule has 2 rings (SSSR count). The smallest absolute Gasteiger partial charge is 0.459 e. The molecule has 34 heavy (non-hydrogen) atoms. The van der Waals surface area contributed by atoms with Crippen molar-refractivity contribution in [3.63, 3.8) is 0 Å².